The molecule has 3 aromatic rings. The molecule has 2 nitrogen and oxygen atoms in total. The van der Waals surface area contributed by atoms with Crippen molar-refractivity contribution >= 4 is 17.5 Å². The summed E-state index contributed by atoms with van der Waals surface area (Å²) in [6, 6.07) is 27.1. The van der Waals surface area contributed by atoms with Gasteiger partial charge in [-0.2, -0.15) is 0 Å². The van der Waals surface area contributed by atoms with E-state index in [2.05, 4.69) is 53.8 Å². The monoisotopic (exact) mass is 335 g/mol. The van der Waals surface area contributed by atoms with Crippen molar-refractivity contribution in [2.24, 2.45) is 0 Å². The van der Waals surface area contributed by atoms with Gasteiger partial charge in [0.25, 0.3) is 0 Å². The summed E-state index contributed by atoms with van der Waals surface area (Å²) in [5.41, 5.74) is 5.81. The van der Waals surface area contributed by atoms with Gasteiger partial charge < -0.3 is 5.32 Å². The van der Waals surface area contributed by atoms with Gasteiger partial charge in [-0.3, -0.25) is 4.79 Å². The second-order valence-electron chi connectivity index (χ2n) is 5.55. The zero-order chi connectivity index (χ0) is 16.8. The number of nitrogens with one attached hydrogen (secondary N) is 1. The molecule has 120 valence electrons. The van der Waals surface area contributed by atoms with Crippen LogP contribution in [0.4, 0.5) is 0 Å². The fourth-order valence-corrected chi connectivity index (χ4v) is 2.64. The lowest BCUT2D eigenvalue weighted by Gasteiger charge is -2.07. The summed E-state index contributed by atoms with van der Waals surface area (Å²) in [6.07, 6.45) is 0. The quantitative estimate of drug-likeness (QED) is 0.662. The van der Waals surface area contributed by atoms with Gasteiger partial charge in [0.2, 0.25) is 5.91 Å². The highest BCUT2D eigenvalue weighted by Gasteiger charge is 2.02. The normalized spacial score (nSPS) is 10.4. The van der Waals surface area contributed by atoms with E-state index in [1.807, 2.05) is 30.3 Å². The summed E-state index contributed by atoms with van der Waals surface area (Å²) in [5, 5.41) is 2.76. The van der Waals surface area contributed by atoms with E-state index in [-0.39, 0.29) is 11.8 Å². The third-order valence-electron chi connectivity index (χ3n) is 3.89. The van der Waals surface area contributed by atoms with Crippen molar-refractivity contribution < 1.29 is 4.79 Å². The predicted molar refractivity (Wildman–Crippen MR) is 99.9 cm³/mol. The Hall–Kier alpha value is -2.58. The lowest BCUT2D eigenvalue weighted by Crippen LogP contribution is -2.23. The minimum atomic E-state index is -0.155. The second-order valence-corrected chi connectivity index (χ2v) is 5.82. The van der Waals surface area contributed by atoms with Crippen molar-refractivity contribution in [2.75, 3.05) is 5.88 Å². The maximum Gasteiger partial charge on any atom is 0.235 e. The Morgan fingerprint density at radius 2 is 1.17 bits per heavy atom. The first-order valence-corrected chi connectivity index (χ1v) is 8.37. The molecule has 3 rings (SSSR count). The molecule has 0 atom stereocenters. The second kappa shape index (κ2) is 7.80. The molecule has 0 heterocycles. The van der Waals surface area contributed by atoms with Gasteiger partial charge in [0.05, 0.1) is 0 Å². The molecular weight excluding hydrogens is 318 g/mol. The van der Waals surface area contributed by atoms with Crippen LogP contribution in [0.15, 0.2) is 78.9 Å². The molecule has 0 radical (unpaired) electrons. The lowest BCUT2D eigenvalue weighted by atomic mass is 10.00. The molecule has 3 heteroatoms. The standard InChI is InChI=1S/C21H18ClNO/c22-14-21(24)23-15-16-6-8-18(9-7-16)20-12-10-19(11-13-20)17-4-2-1-3-5-17/h1-13H,14-15H2,(H,23,24). The molecule has 0 aliphatic heterocycles. The van der Waals surface area contributed by atoms with Crippen molar-refractivity contribution in [2.45, 2.75) is 6.54 Å². The van der Waals surface area contributed by atoms with E-state index in [1.54, 1.807) is 0 Å². The zero-order valence-electron chi connectivity index (χ0n) is 13.2. The van der Waals surface area contributed by atoms with Crippen molar-refractivity contribution in [3.63, 3.8) is 0 Å². The Labute approximate surface area is 147 Å². The highest BCUT2D eigenvalue weighted by Crippen LogP contribution is 2.25. The number of amides is 1. The minimum Gasteiger partial charge on any atom is -0.351 e. The Morgan fingerprint density at radius 3 is 1.67 bits per heavy atom. The van der Waals surface area contributed by atoms with Gasteiger partial charge in [-0.05, 0) is 27.8 Å². The van der Waals surface area contributed by atoms with Crippen molar-refractivity contribution in [3.8, 4) is 22.3 Å². The third-order valence-corrected chi connectivity index (χ3v) is 4.13. The van der Waals surface area contributed by atoms with E-state index in [1.165, 1.54) is 16.7 Å². The van der Waals surface area contributed by atoms with E-state index in [0.717, 1.165) is 11.1 Å². The fraction of sp³-hybridized carbons (Fsp3) is 0.0952. The first-order chi connectivity index (χ1) is 11.8. The Morgan fingerprint density at radius 1 is 0.708 bits per heavy atom. The molecule has 0 fully saturated rings. The van der Waals surface area contributed by atoms with Crippen LogP contribution in [0.1, 0.15) is 5.56 Å². The molecule has 0 saturated carbocycles. The van der Waals surface area contributed by atoms with E-state index < -0.39 is 0 Å². The predicted octanol–water partition coefficient (Wildman–Crippen LogP) is 4.88. The molecule has 0 aliphatic rings. The van der Waals surface area contributed by atoms with Crippen molar-refractivity contribution in [1.82, 2.24) is 5.32 Å². The van der Waals surface area contributed by atoms with E-state index in [0.29, 0.717) is 6.54 Å². The van der Waals surface area contributed by atoms with Gasteiger partial charge >= 0.3 is 0 Å². The minimum absolute atomic E-state index is 0.00809. The molecule has 24 heavy (non-hydrogen) atoms. The Bertz CT molecular complexity index is 796. The number of carbonyl (C=O) groups is 1. The van der Waals surface area contributed by atoms with Crippen molar-refractivity contribution in [1.29, 1.82) is 0 Å². The SMILES string of the molecule is O=C(CCl)NCc1ccc(-c2ccc(-c3ccccc3)cc2)cc1. The molecule has 1 amide bonds. The molecule has 0 unspecified atom stereocenters. The van der Waals surface area contributed by atoms with Crippen LogP contribution in [0.5, 0.6) is 0 Å². The third kappa shape index (κ3) is 4.03. The number of rotatable bonds is 5. The Balaban J connectivity index is 1.71. The number of carbonyl (C=O) groups excluding carboxylic acids is 1. The highest BCUT2D eigenvalue weighted by molar-refractivity contribution is 6.27. The van der Waals surface area contributed by atoms with Gasteiger partial charge in [0.1, 0.15) is 5.88 Å². The van der Waals surface area contributed by atoms with Crippen LogP contribution in [0.2, 0.25) is 0 Å². The molecule has 0 bridgehead atoms. The van der Waals surface area contributed by atoms with Crippen LogP contribution in [0.3, 0.4) is 0 Å². The smallest absolute Gasteiger partial charge is 0.235 e. The molecule has 0 aliphatic carbocycles. The van der Waals surface area contributed by atoms with Crippen LogP contribution in [-0.2, 0) is 11.3 Å². The molecule has 1 N–H and O–H groups in total. The van der Waals surface area contributed by atoms with Gasteiger partial charge in [0, 0.05) is 6.54 Å². The molecule has 0 spiro atoms. The van der Waals surface area contributed by atoms with Crippen LogP contribution in [-0.4, -0.2) is 11.8 Å². The number of hydrogen-bond donors (Lipinski definition) is 1. The van der Waals surface area contributed by atoms with E-state index in [9.17, 15) is 4.79 Å². The van der Waals surface area contributed by atoms with Crippen LogP contribution in [0, 0.1) is 0 Å². The summed E-state index contributed by atoms with van der Waals surface area (Å²) in [6.45, 7) is 0.499. The van der Waals surface area contributed by atoms with Crippen LogP contribution in [0.25, 0.3) is 22.3 Å². The molecule has 0 aromatic heterocycles. The Kier molecular flexibility index (Phi) is 5.29. The fourth-order valence-electron chi connectivity index (χ4n) is 2.55. The summed E-state index contributed by atoms with van der Waals surface area (Å²) < 4.78 is 0. The van der Waals surface area contributed by atoms with Gasteiger partial charge in [-0.25, -0.2) is 0 Å². The summed E-state index contributed by atoms with van der Waals surface area (Å²) in [4.78, 5) is 11.2. The summed E-state index contributed by atoms with van der Waals surface area (Å²) in [5.74, 6) is -0.163. The topological polar surface area (TPSA) is 29.1 Å². The van der Waals surface area contributed by atoms with E-state index in [4.69, 9.17) is 11.6 Å². The van der Waals surface area contributed by atoms with Gasteiger partial charge in [0.15, 0.2) is 0 Å². The summed E-state index contributed by atoms with van der Waals surface area (Å²) in [7, 11) is 0. The average Bonchev–Trinajstić information content (AvgIpc) is 2.67. The number of alkyl halides is 1. The maximum absolute atomic E-state index is 11.2. The van der Waals surface area contributed by atoms with Crippen molar-refractivity contribution in [3.05, 3.63) is 84.4 Å². The molecular formula is C21H18ClNO. The number of hydrogen-bond acceptors (Lipinski definition) is 1. The molecule has 0 saturated heterocycles. The first kappa shape index (κ1) is 16.3. The van der Waals surface area contributed by atoms with Crippen LogP contribution < -0.4 is 5.32 Å². The average molecular weight is 336 g/mol. The highest BCUT2D eigenvalue weighted by atomic mass is 35.5. The van der Waals surface area contributed by atoms with Gasteiger partial charge in [-0.1, -0.05) is 78.9 Å². The summed E-state index contributed by atoms with van der Waals surface area (Å²) >= 11 is 5.47. The van der Waals surface area contributed by atoms with Gasteiger partial charge in [-0.15, -0.1) is 11.6 Å². The van der Waals surface area contributed by atoms with E-state index >= 15 is 0 Å². The number of halogens is 1. The number of benzene rings is 3. The largest absolute Gasteiger partial charge is 0.351 e. The van der Waals surface area contributed by atoms with Crippen LogP contribution >= 0.6 is 11.6 Å². The first-order valence-electron chi connectivity index (χ1n) is 7.84. The maximum atomic E-state index is 11.2. The lowest BCUT2D eigenvalue weighted by molar-refractivity contribution is -0.118. The molecule has 3 aromatic carbocycles. The zero-order valence-corrected chi connectivity index (χ0v) is 14.0.